The SMILES string of the molecule is Cc1n[nH]c(=O)c2cn(C3CCOCC3)c(=O)c(Br)c12. The van der Waals surface area contributed by atoms with E-state index in [0.29, 0.717) is 34.2 Å². The van der Waals surface area contributed by atoms with Gasteiger partial charge in [0.2, 0.25) is 0 Å². The van der Waals surface area contributed by atoms with Crippen LogP contribution in [0.5, 0.6) is 0 Å². The fraction of sp³-hybridized carbons (Fsp3) is 0.462. The van der Waals surface area contributed by atoms with Crippen LogP contribution in [0.25, 0.3) is 10.8 Å². The number of H-pyrrole nitrogens is 1. The van der Waals surface area contributed by atoms with Crippen LogP contribution >= 0.6 is 15.9 Å². The first-order chi connectivity index (χ1) is 9.59. The molecule has 2 aromatic heterocycles. The molecule has 2 aromatic rings. The van der Waals surface area contributed by atoms with Gasteiger partial charge >= 0.3 is 0 Å². The minimum Gasteiger partial charge on any atom is -0.381 e. The summed E-state index contributed by atoms with van der Waals surface area (Å²) in [7, 11) is 0. The van der Waals surface area contributed by atoms with Crippen molar-refractivity contribution in [1.29, 1.82) is 0 Å². The number of nitrogens with zero attached hydrogens (tertiary/aromatic N) is 2. The Morgan fingerprint density at radius 2 is 2.10 bits per heavy atom. The molecule has 0 unspecified atom stereocenters. The van der Waals surface area contributed by atoms with Crippen LogP contribution in [0.15, 0.2) is 20.3 Å². The molecular weight excluding hydrogens is 326 g/mol. The first-order valence-electron chi connectivity index (χ1n) is 6.47. The Balaban J connectivity index is 2.30. The second-order valence-electron chi connectivity index (χ2n) is 4.93. The highest BCUT2D eigenvalue weighted by Gasteiger charge is 2.20. The summed E-state index contributed by atoms with van der Waals surface area (Å²) in [6.07, 6.45) is 3.20. The van der Waals surface area contributed by atoms with E-state index < -0.39 is 0 Å². The smallest absolute Gasteiger partial charge is 0.273 e. The summed E-state index contributed by atoms with van der Waals surface area (Å²) in [5.41, 5.74) is 0.217. The zero-order chi connectivity index (χ0) is 14.3. The number of aromatic nitrogens is 3. The number of rotatable bonds is 1. The maximum atomic E-state index is 12.5. The second kappa shape index (κ2) is 5.14. The van der Waals surface area contributed by atoms with Gasteiger partial charge in [0, 0.05) is 30.8 Å². The Kier molecular flexibility index (Phi) is 3.47. The van der Waals surface area contributed by atoms with Crippen molar-refractivity contribution in [3.05, 3.63) is 37.1 Å². The highest BCUT2D eigenvalue weighted by Crippen LogP contribution is 2.24. The molecule has 1 fully saturated rings. The van der Waals surface area contributed by atoms with Crippen molar-refractivity contribution in [3.63, 3.8) is 0 Å². The lowest BCUT2D eigenvalue weighted by Crippen LogP contribution is -2.30. The molecule has 1 aliphatic rings. The summed E-state index contributed by atoms with van der Waals surface area (Å²) in [6.45, 7) is 3.04. The van der Waals surface area contributed by atoms with E-state index in [1.807, 2.05) is 0 Å². The predicted octanol–water partition coefficient (Wildman–Crippen LogP) is 1.51. The van der Waals surface area contributed by atoms with E-state index in [1.165, 1.54) is 0 Å². The van der Waals surface area contributed by atoms with Gasteiger partial charge in [-0.3, -0.25) is 9.59 Å². The molecule has 0 bridgehead atoms. The quantitative estimate of drug-likeness (QED) is 0.854. The van der Waals surface area contributed by atoms with Gasteiger partial charge in [-0.2, -0.15) is 5.10 Å². The zero-order valence-electron chi connectivity index (χ0n) is 11.0. The minimum atomic E-state index is -0.285. The summed E-state index contributed by atoms with van der Waals surface area (Å²) >= 11 is 3.33. The monoisotopic (exact) mass is 339 g/mol. The van der Waals surface area contributed by atoms with Gasteiger partial charge in [-0.1, -0.05) is 0 Å². The first kappa shape index (κ1) is 13.5. The zero-order valence-corrected chi connectivity index (χ0v) is 12.6. The van der Waals surface area contributed by atoms with Crippen LogP contribution in [0.1, 0.15) is 24.6 Å². The highest BCUT2D eigenvalue weighted by atomic mass is 79.9. The highest BCUT2D eigenvalue weighted by molar-refractivity contribution is 9.10. The molecule has 3 heterocycles. The third-order valence-corrected chi connectivity index (χ3v) is 4.43. The van der Waals surface area contributed by atoms with Crippen molar-refractivity contribution >= 4 is 26.7 Å². The number of aryl methyl sites for hydroxylation is 1. The molecule has 0 spiro atoms. The van der Waals surface area contributed by atoms with Crippen molar-refractivity contribution in [3.8, 4) is 0 Å². The normalized spacial score (nSPS) is 16.7. The molecule has 106 valence electrons. The van der Waals surface area contributed by atoms with Gasteiger partial charge in [0.1, 0.15) is 0 Å². The summed E-state index contributed by atoms with van der Waals surface area (Å²) in [5.74, 6) is 0. The van der Waals surface area contributed by atoms with Crippen molar-refractivity contribution in [2.24, 2.45) is 0 Å². The van der Waals surface area contributed by atoms with Gasteiger partial charge in [-0.15, -0.1) is 0 Å². The Labute approximate surface area is 122 Å². The molecule has 1 N–H and O–H groups in total. The third kappa shape index (κ3) is 2.10. The van der Waals surface area contributed by atoms with E-state index in [1.54, 1.807) is 17.7 Å². The Morgan fingerprint density at radius 1 is 1.40 bits per heavy atom. The number of halogens is 1. The fourth-order valence-electron chi connectivity index (χ4n) is 2.61. The average molecular weight is 340 g/mol. The lowest BCUT2D eigenvalue weighted by atomic mass is 10.1. The van der Waals surface area contributed by atoms with E-state index in [2.05, 4.69) is 26.1 Å². The Hall–Kier alpha value is -1.47. The number of ether oxygens (including phenoxy) is 1. The van der Waals surface area contributed by atoms with Gasteiger partial charge in [-0.05, 0) is 35.7 Å². The summed E-state index contributed by atoms with van der Waals surface area (Å²) in [4.78, 5) is 24.4. The largest absolute Gasteiger partial charge is 0.381 e. The molecular formula is C13H14BrN3O3. The molecule has 0 radical (unpaired) electrons. The Morgan fingerprint density at radius 3 is 2.80 bits per heavy atom. The van der Waals surface area contributed by atoms with Crippen LogP contribution in [0.2, 0.25) is 0 Å². The van der Waals surface area contributed by atoms with Gasteiger partial charge in [0.25, 0.3) is 11.1 Å². The topological polar surface area (TPSA) is 77.0 Å². The van der Waals surface area contributed by atoms with Crippen LogP contribution in [0, 0.1) is 6.92 Å². The maximum Gasteiger partial charge on any atom is 0.273 e. The van der Waals surface area contributed by atoms with Crippen LogP contribution in [0.4, 0.5) is 0 Å². The lowest BCUT2D eigenvalue weighted by molar-refractivity contribution is 0.0687. The van der Waals surface area contributed by atoms with Crippen LogP contribution in [-0.2, 0) is 4.74 Å². The van der Waals surface area contributed by atoms with Gasteiger partial charge < -0.3 is 9.30 Å². The summed E-state index contributed by atoms with van der Waals surface area (Å²) in [5, 5.41) is 7.44. The molecule has 0 atom stereocenters. The second-order valence-corrected chi connectivity index (χ2v) is 5.72. The maximum absolute atomic E-state index is 12.5. The van der Waals surface area contributed by atoms with E-state index >= 15 is 0 Å². The predicted molar refractivity (Wildman–Crippen MR) is 78.2 cm³/mol. The summed E-state index contributed by atoms with van der Waals surface area (Å²) < 4.78 is 7.36. The number of pyridine rings is 1. The molecule has 6 nitrogen and oxygen atoms in total. The molecule has 3 rings (SSSR count). The van der Waals surface area contributed by atoms with Crippen molar-refractivity contribution in [1.82, 2.24) is 14.8 Å². The fourth-order valence-corrected chi connectivity index (χ4v) is 3.32. The van der Waals surface area contributed by atoms with Crippen LogP contribution in [-0.4, -0.2) is 28.0 Å². The van der Waals surface area contributed by atoms with E-state index in [0.717, 1.165) is 12.8 Å². The number of hydrogen-bond acceptors (Lipinski definition) is 4. The standard InChI is InChI=1S/C13H14BrN3O3/c1-7-10-9(12(18)16-15-7)6-17(13(19)11(10)14)8-2-4-20-5-3-8/h6,8H,2-5H2,1H3,(H,16,18). The van der Waals surface area contributed by atoms with Crippen LogP contribution in [0.3, 0.4) is 0 Å². The van der Waals surface area contributed by atoms with E-state index in [-0.39, 0.29) is 17.2 Å². The number of nitrogens with one attached hydrogen (secondary N) is 1. The lowest BCUT2D eigenvalue weighted by Gasteiger charge is -2.24. The number of hydrogen-bond donors (Lipinski definition) is 1. The molecule has 1 saturated heterocycles. The molecule has 1 aliphatic heterocycles. The molecule has 0 saturated carbocycles. The van der Waals surface area contributed by atoms with Crippen molar-refractivity contribution < 1.29 is 4.74 Å². The van der Waals surface area contributed by atoms with Gasteiger partial charge in [0.15, 0.2) is 0 Å². The van der Waals surface area contributed by atoms with Crippen LogP contribution < -0.4 is 11.1 Å². The molecule has 0 aliphatic carbocycles. The van der Waals surface area contributed by atoms with Gasteiger partial charge in [0.05, 0.1) is 15.6 Å². The number of fused-ring (bicyclic) bond motifs is 1. The first-order valence-corrected chi connectivity index (χ1v) is 7.26. The minimum absolute atomic E-state index is 0.0739. The molecule has 0 amide bonds. The third-order valence-electron chi connectivity index (χ3n) is 3.70. The van der Waals surface area contributed by atoms with Crippen molar-refractivity contribution in [2.45, 2.75) is 25.8 Å². The van der Waals surface area contributed by atoms with E-state index in [4.69, 9.17) is 4.74 Å². The van der Waals surface area contributed by atoms with E-state index in [9.17, 15) is 9.59 Å². The molecule has 7 heteroatoms. The Bertz CT molecular complexity index is 775. The van der Waals surface area contributed by atoms with Crippen molar-refractivity contribution in [2.75, 3.05) is 13.2 Å². The summed E-state index contributed by atoms with van der Waals surface area (Å²) in [6, 6.07) is 0.0739. The molecule has 20 heavy (non-hydrogen) atoms. The molecule has 0 aromatic carbocycles. The number of aromatic amines is 1. The average Bonchev–Trinajstić information content (AvgIpc) is 2.47. The van der Waals surface area contributed by atoms with Gasteiger partial charge in [-0.25, -0.2) is 5.10 Å².